The number of rotatable bonds is 8. The monoisotopic (exact) mass is 237 g/mol. The zero-order chi connectivity index (χ0) is 11.9. The molecule has 0 saturated heterocycles. The summed E-state index contributed by atoms with van der Waals surface area (Å²) in [5.74, 6) is 0.325. The van der Waals surface area contributed by atoms with Gasteiger partial charge in [0.1, 0.15) is 0 Å². The molecule has 0 aliphatic carbocycles. The molecule has 15 heavy (non-hydrogen) atoms. The van der Waals surface area contributed by atoms with E-state index < -0.39 is 10.2 Å². The second kappa shape index (κ2) is 7.16. The summed E-state index contributed by atoms with van der Waals surface area (Å²) < 4.78 is 27.2. The van der Waals surface area contributed by atoms with Crippen LogP contribution in [0.3, 0.4) is 0 Å². The standard InChI is InChI=1S/C9H23N3O2S/c1-9(2)8-11-15(13,14)12(4)7-5-6-10-3/h9-11H,5-8H2,1-4H3. The van der Waals surface area contributed by atoms with Gasteiger partial charge in [0, 0.05) is 20.1 Å². The molecule has 0 rings (SSSR count). The highest BCUT2D eigenvalue weighted by atomic mass is 32.2. The molecule has 2 N–H and O–H groups in total. The van der Waals surface area contributed by atoms with Crippen LogP contribution in [-0.2, 0) is 10.2 Å². The van der Waals surface area contributed by atoms with E-state index in [4.69, 9.17) is 0 Å². The Morgan fingerprint density at radius 3 is 2.40 bits per heavy atom. The Bertz CT molecular complexity index is 252. The lowest BCUT2D eigenvalue weighted by Crippen LogP contribution is -2.40. The topological polar surface area (TPSA) is 61.4 Å². The summed E-state index contributed by atoms with van der Waals surface area (Å²) in [6.07, 6.45) is 0.815. The van der Waals surface area contributed by atoms with Gasteiger partial charge in [-0.1, -0.05) is 13.8 Å². The molecule has 0 unspecified atom stereocenters. The predicted octanol–water partition coefficient (Wildman–Crippen LogP) is 0.0181. The van der Waals surface area contributed by atoms with Crippen LogP contribution in [0.2, 0.25) is 0 Å². The average molecular weight is 237 g/mol. The third kappa shape index (κ3) is 6.83. The lowest BCUT2D eigenvalue weighted by atomic mass is 10.2. The minimum absolute atomic E-state index is 0.325. The summed E-state index contributed by atoms with van der Waals surface area (Å²) in [4.78, 5) is 0. The minimum Gasteiger partial charge on any atom is -0.320 e. The molecule has 0 radical (unpaired) electrons. The van der Waals surface area contributed by atoms with Crippen molar-refractivity contribution in [1.82, 2.24) is 14.3 Å². The molecule has 0 aliphatic rings. The van der Waals surface area contributed by atoms with Crippen LogP contribution in [0, 0.1) is 5.92 Å². The van der Waals surface area contributed by atoms with Gasteiger partial charge in [0.25, 0.3) is 10.2 Å². The first-order valence-electron chi connectivity index (χ1n) is 5.25. The Balaban J connectivity index is 3.97. The van der Waals surface area contributed by atoms with E-state index in [9.17, 15) is 8.42 Å². The Morgan fingerprint density at radius 2 is 1.93 bits per heavy atom. The van der Waals surface area contributed by atoms with E-state index >= 15 is 0 Å². The first-order chi connectivity index (χ1) is 6.90. The minimum atomic E-state index is -3.28. The number of hydrogen-bond acceptors (Lipinski definition) is 3. The molecule has 0 fully saturated rings. The molecule has 0 spiro atoms. The van der Waals surface area contributed by atoms with Gasteiger partial charge >= 0.3 is 0 Å². The van der Waals surface area contributed by atoms with Crippen molar-refractivity contribution in [3.8, 4) is 0 Å². The van der Waals surface area contributed by atoms with Gasteiger partial charge in [-0.2, -0.15) is 12.7 Å². The van der Waals surface area contributed by atoms with Crippen molar-refractivity contribution in [1.29, 1.82) is 0 Å². The molecule has 0 aromatic heterocycles. The Kier molecular flexibility index (Phi) is 7.08. The highest BCUT2D eigenvalue weighted by Gasteiger charge is 2.16. The van der Waals surface area contributed by atoms with Crippen LogP contribution < -0.4 is 10.0 Å². The maximum Gasteiger partial charge on any atom is 0.279 e. The lowest BCUT2D eigenvalue weighted by Gasteiger charge is -2.18. The quantitative estimate of drug-likeness (QED) is 0.585. The lowest BCUT2D eigenvalue weighted by molar-refractivity contribution is 0.443. The zero-order valence-corrected chi connectivity index (χ0v) is 10.9. The van der Waals surface area contributed by atoms with Crippen LogP contribution >= 0.6 is 0 Å². The third-order valence-electron chi connectivity index (χ3n) is 1.98. The molecule has 0 bridgehead atoms. The van der Waals surface area contributed by atoms with Crippen LogP contribution in [0.1, 0.15) is 20.3 Å². The number of hydrogen-bond donors (Lipinski definition) is 2. The van der Waals surface area contributed by atoms with E-state index in [1.165, 1.54) is 4.31 Å². The predicted molar refractivity (Wildman–Crippen MR) is 62.9 cm³/mol. The summed E-state index contributed by atoms with van der Waals surface area (Å²) in [5.41, 5.74) is 0. The molecule has 0 heterocycles. The van der Waals surface area contributed by atoms with Crippen LogP contribution in [0.15, 0.2) is 0 Å². The Morgan fingerprint density at radius 1 is 1.33 bits per heavy atom. The third-order valence-corrected chi connectivity index (χ3v) is 3.52. The van der Waals surface area contributed by atoms with Gasteiger partial charge in [0.2, 0.25) is 0 Å². The normalized spacial score (nSPS) is 12.7. The van der Waals surface area contributed by atoms with Crippen molar-refractivity contribution in [2.24, 2.45) is 5.92 Å². The van der Waals surface area contributed by atoms with Crippen molar-refractivity contribution in [2.45, 2.75) is 20.3 Å². The maximum absolute atomic E-state index is 11.6. The molecule has 0 amide bonds. The molecule has 0 aliphatic heterocycles. The van der Waals surface area contributed by atoms with Crippen LogP contribution in [0.4, 0.5) is 0 Å². The molecule has 5 nitrogen and oxygen atoms in total. The first-order valence-corrected chi connectivity index (χ1v) is 6.69. The summed E-state index contributed by atoms with van der Waals surface area (Å²) in [5, 5.41) is 2.98. The van der Waals surface area contributed by atoms with Gasteiger partial charge in [-0.25, -0.2) is 4.72 Å². The van der Waals surface area contributed by atoms with E-state index in [0.717, 1.165) is 13.0 Å². The SMILES string of the molecule is CNCCCN(C)S(=O)(=O)NCC(C)C. The number of nitrogens with zero attached hydrogens (tertiary/aromatic N) is 1. The second-order valence-corrected chi connectivity index (χ2v) is 5.89. The van der Waals surface area contributed by atoms with Crippen LogP contribution in [0.5, 0.6) is 0 Å². The van der Waals surface area contributed by atoms with Gasteiger partial charge in [0.05, 0.1) is 0 Å². The van der Waals surface area contributed by atoms with Gasteiger partial charge in [-0.3, -0.25) is 0 Å². The van der Waals surface area contributed by atoms with E-state index in [-0.39, 0.29) is 0 Å². The molecule has 0 atom stereocenters. The fourth-order valence-corrected chi connectivity index (χ4v) is 2.11. The molecular formula is C9H23N3O2S. The molecule has 0 saturated carbocycles. The van der Waals surface area contributed by atoms with Gasteiger partial charge in [-0.05, 0) is 25.9 Å². The zero-order valence-electron chi connectivity index (χ0n) is 10.1. The van der Waals surface area contributed by atoms with E-state index in [1.54, 1.807) is 7.05 Å². The summed E-state index contributed by atoms with van der Waals surface area (Å²) in [6.45, 7) is 5.80. The van der Waals surface area contributed by atoms with E-state index in [1.807, 2.05) is 20.9 Å². The van der Waals surface area contributed by atoms with E-state index in [0.29, 0.717) is 19.0 Å². The van der Waals surface area contributed by atoms with Gasteiger partial charge in [-0.15, -0.1) is 0 Å². The first kappa shape index (κ1) is 14.8. The van der Waals surface area contributed by atoms with Crippen LogP contribution in [-0.4, -0.2) is 46.5 Å². The Hall–Kier alpha value is -0.170. The van der Waals surface area contributed by atoms with Crippen molar-refractivity contribution in [3.63, 3.8) is 0 Å². The smallest absolute Gasteiger partial charge is 0.279 e. The average Bonchev–Trinajstić information content (AvgIpc) is 2.15. The molecule has 6 heteroatoms. The van der Waals surface area contributed by atoms with Crippen molar-refractivity contribution in [3.05, 3.63) is 0 Å². The largest absolute Gasteiger partial charge is 0.320 e. The van der Waals surface area contributed by atoms with E-state index in [2.05, 4.69) is 10.0 Å². The molecule has 0 aromatic carbocycles. The molecular weight excluding hydrogens is 214 g/mol. The van der Waals surface area contributed by atoms with Crippen molar-refractivity contribution >= 4 is 10.2 Å². The fourth-order valence-electron chi connectivity index (χ4n) is 0.981. The molecule has 92 valence electrons. The maximum atomic E-state index is 11.6. The highest BCUT2D eigenvalue weighted by molar-refractivity contribution is 7.87. The van der Waals surface area contributed by atoms with Crippen LogP contribution in [0.25, 0.3) is 0 Å². The molecule has 0 aromatic rings. The van der Waals surface area contributed by atoms with Gasteiger partial charge in [0.15, 0.2) is 0 Å². The van der Waals surface area contributed by atoms with Gasteiger partial charge < -0.3 is 5.32 Å². The number of nitrogens with one attached hydrogen (secondary N) is 2. The highest BCUT2D eigenvalue weighted by Crippen LogP contribution is 1.97. The summed E-state index contributed by atoms with van der Waals surface area (Å²) in [6, 6.07) is 0. The summed E-state index contributed by atoms with van der Waals surface area (Å²) in [7, 11) is 0.168. The summed E-state index contributed by atoms with van der Waals surface area (Å²) >= 11 is 0. The fraction of sp³-hybridized carbons (Fsp3) is 1.00. The van der Waals surface area contributed by atoms with Crippen molar-refractivity contribution in [2.75, 3.05) is 33.7 Å². The second-order valence-electron chi connectivity index (χ2n) is 4.03. The van der Waals surface area contributed by atoms with Crippen molar-refractivity contribution < 1.29 is 8.42 Å². The Labute approximate surface area is 93.4 Å².